The molecule has 4 nitrogen and oxygen atoms in total. The molecule has 0 aliphatic carbocycles. The van der Waals surface area contributed by atoms with Crippen LogP contribution in [0.25, 0.3) is 0 Å². The summed E-state index contributed by atoms with van der Waals surface area (Å²) in [6.07, 6.45) is 1.75. The van der Waals surface area contributed by atoms with Crippen molar-refractivity contribution in [1.29, 1.82) is 0 Å². The number of hydrogen-bond donors (Lipinski definition) is 1. The molecule has 0 aromatic heterocycles. The van der Waals surface area contributed by atoms with Crippen LogP contribution in [0.1, 0.15) is 47.5 Å². The first-order valence-electron chi connectivity index (χ1n) is 6.94. The molecule has 0 radical (unpaired) electrons. The molecule has 1 N–H and O–H groups in total. The van der Waals surface area contributed by atoms with Gasteiger partial charge in [-0.05, 0) is 19.8 Å². The zero-order chi connectivity index (χ0) is 13.9. The SMILES string of the molecule is CC(C)N[C@H](C)C(=O)N1CCC[C@@H]1C(=O)C(C)C. The topological polar surface area (TPSA) is 49.4 Å². The van der Waals surface area contributed by atoms with Gasteiger partial charge in [0, 0.05) is 18.5 Å². The fraction of sp³-hybridized carbons (Fsp3) is 0.857. The van der Waals surface area contributed by atoms with Gasteiger partial charge in [0.15, 0.2) is 5.78 Å². The Kier molecular flexibility index (Phi) is 5.32. The fourth-order valence-corrected chi connectivity index (χ4v) is 2.53. The van der Waals surface area contributed by atoms with Crippen molar-refractivity contribution >= 4 is 11.7 Å². The molecular formula is C14H26N2O2. The van der Waals surface area contributed by atoms with Crippen LogP contribution in [-0.4, -0.2) is 41.3 Å². The molecule has 1 rings (SSSR count). The van der Waals surface area contributed by atoms with Crippen molar-refractivity contribution in [3.05, 3.63) is 0 Å². The molecular weight excluding hydrogens is 228 g/mol. The van der Waals surface area contributed by atoms with E-state index in [4.69, 9.17) is 0 Å². The highest BCUT2D eigenvalue weighted by molar-refractivity contribution is 5.92. The van der Waals surface area contributed by atoms with E-state index >= 15 is 0 Å². The van der Waals surface area contributed by atoms with Crippen LogP contribution in [0.5, 0.6) is 0 Å². The van der Waals surface area contributed by atoms with E-state index in [0.29, 0.717) is 6.54 Å². The number of Topliss-reactive ketones (excluding diaryl/α,β-unsaturated/α-hetero) is 1. The predicted molar refractivity (Wildman–Crippen MR) is 72.3 cm³/mol. The molecule has 1 fully saturated rings. The van der Waals surface area contributed by atoms with Crippen molar-refractivity contribution in [2.75, 3.05) is 6.54 Å². The molecule has 0 unspecified atom stereocenters. The summed E-state index contributed by atoms with van der Waals surface area (Å²) >= 11 is 0. The average Bonchev–Trinajstić information content (AvgIpc) is 2.74. The van der Waals surface area contributed by atoms with Crippen LogP contribution >= 0.6 is 0 Å². The molecule has 18 heavy (non-hydrogen) atoms. The largest absolute Gasteiger partial charge is 0.331 e. The summed E-state index contributed by atoms with van der Waals surface area (Å²) in [6.45, 7) is 10.4. The summed E-state index contributed by atoms with van der Waals surface area (Å²) < 4.78 is 0. The van der Waals surface area contributed by atoms with Gasteiger partial charge in [0.1, 0.15) is 0 Å². The minimum absolute atomic E-state index is 0.00300. The van der Waals surface area contributed by atoms with Gasteiger partial charge in [-0.15, -0.1) is 0 Å². The third-order valence-electron chi connectivity index (χ3n) is 3.39. The van der Waals surface area contributed by atoms with Crippen LogP contribution in [0.15, 0.2) is 0 Å². The Bertz CT molecular complexity index is 313. The standard InChI is InChI=1S/C14H26N2O2/c1-9(2)13(17)12-7-6-8-16(12)14(18)11(5)15-10(3)4/h9-12,15H,6-8H2,1-5H3/t11-,12-/m1/s1. The summed E-state index contributed by atoms with van der Waals surface area (Å²) in [5, 5.41) is 3.21. The van der Waals surface area contributed by atoms with Crippen molar-refractivity contribution in [3.8, 4) is 0 Å². The lowest BCUT2D eigenvalue weighted by atomic mass is 9.99. The first kappa shape index (κ1) is 15.2. The number of likely N-dealkylation sites (tertiary alicyclic amines) is 1. The van der Waals surface area contributed by atoms with Crippen LogP contribution in [0.3, 0.4) is 0 Å². The third kappa shape index (κ3) is 3.55. The highest BCUT2D eigenvalue weighted by atomic mass is 16.2. The van der Waals surface area contributed by atoms with E-state index in [1.807, 2.05) is 34.6 Å². The van der Waals surface area contributed by atoms with E-state index in [1.54, 1.807) is 4.90 Å². The number of carbonyl (C=O) groups is 2. The summed E-state index contributed by atoms with van der Waals surface area (Å²) in [6, 6.07) is -0.148. The third-order valence-corrected chi connectivity index (χ3v) is 3.39. The van der Waals surface area contributed by atoms with E-state index in [1.165, 1.54) is 0 Å². The maximum absolute atomic E-state index is 12.3. The normalized spacial score (nSPS) is 21.7. The van der Waals surface area contributed by atoms with Gasteiger partial charge in [0.2, 0.25) is 5.91 Å². The average molecular weight is 254 g/mol. The molecule has 1 aliphatic heterocycles. The molecule has 1 amide bonds. The second-order valence-electron chi connectivity index (χ2n) is 5.79. The Morgan fingerprint density at radius 2 is 1.78 bits per heavy atom. The van der Waals surface area contributed by atoms with Crippen molar-refractivity contribution < 1.29 is 9.59 Å². The van der Waals surface area contributed by atoms with Gasteiger partial charge in [-0.1, -0.05) is 27.7 Å². The molecule has 0 saturated carbocycles. The van der Waals surface area contributed by atoms with Crippen LogP contribution in [0.4, 0.5) is 0 Å². The molecule has 1 aliphatic rings. The number of nitrogens with zero attached hydrogens (tertiary/aromatic N) is 1. The minimum Gasteiger partial charge on any atom is -0.331 e. The smallest absolute Gasteiger partial charge is 0.240 e. The van der Waals surface area contributed by atoms with Crippen LogP contribution < -0.4 is 5.32 Å². The molecule has 0 bridgehead atoms. The van der Waals surface area contributed by atoms with Crippen LogP contribution in [-0.2, 0) is 9.59 Å². The predicted octanol–water partition coefficient (Wildman–Crippen LogP) is 1.59. The molecule has 0 aromatic carbocycles. The molecule has 0 spiro atoms. The van der Waals surface area contributed by atoms with Gasteiger partial charge in [0.05, 0.1) is 12.1 Å². The van der Waals surface area contributed by atoms with E-state index < -0.39 is 0 Å². The Hall–Kier alpha value is -0.900. The molecule has 2 atom stereocenters. The van der Waals surface area contributed by atoms with Crippen molar-refractivity contribution in [3.63, 3.8) is 0 Å². The maximum atomic E-state index is 12.3. The first-order valence-corrected chi connectivity index (χ1v) is 6.94. The fourth-order valence-electron chi connectivity index (χ4n) is 2.53. The lowest BCUT2D eigenvalue weighted by Crippen LogP contribution is -2.51. The Balaban J connectivity index is 2.69. The lowest BCUT2D eigenvalue weighted by molar-refractivity contribution is -0.140. The number of rotatable bonds is 5. The van der Waals surface area contributed by atoms with E-state index in [-0.39, 0.29) is 35.7 Å². The summed E-state index contributed by atoms with van der Waals surface area (Å²) in [7, 11) is 0. The van der Waals surface area contributed by atoms with Crippen LogP contribution in [0.2, 0.25) is 0 Å². The molecule has 1 saturated heterocycles. The van der Waals surface area contributed by atoms with Gasteiger partial charge in [-0.2, -0.15) is 0 Å². The van der Waals surface area contributed by atoms with E-state index in [0.717, 1.165) is 12.8 Å². The molecule has 1 heterocycles. The number of nitrogens with one attached hydrogen (secondary N) is 1. The van der Waals surface area contributed by atoms with Gasteiger partial charge in [-0.25, -0.2) is 0 Å². The molecule has 4 heteroatoms. The zero-order valence-corrected chi connectivity index (χ0v) is 12.2. The summed E-state index contributed by atoms with van der Waals surface area (Å²) in [5.41, 5.74) is 0. The quantitative estimate of drug-likeness (QED) is 0.810. The van der Waals surface area contributed by atoms with E-state index in [2.05, 4.69) is 5.32 Å². The summed E-state index contributed by atoms with van der Waals surface area (Å²) in [5.74, 6) is 0.245. The van der Waals surface area contributed by atoms with Crippen molar-refractivity contribution in [2.24, 2.45) is 5.92 Å². The number of carbonyl (C=O) groups excluding carboxylic acids is 2. The lowest BCUT2D eigenvalue weighted by Gasteiger charge is -2.28. The number of hydrogen-bond acceptors (Lipinski definition) is 3. The number of amides is 1. The van der Waals surface area contributed by atoms with Gasteiger partial charge in [0.25, 0.3) is 0 Å². The zero-order valence-electron chi connectivity index (χ0n) is 12.2. The highest BCUT2D eigenvalue weighted by Crippen LogP contribution is 2.21. The molecule has 104 valence electrons. The van der Waals surface area contributed by atoms with Gasteiger partial charge < -0.3 is 10.2 Å². The second kappa shape index (κ2) is 6.32. The van der Waals surface area contributed by atoms with Crippen molar-refractivity contribution in [2.45, 2.75) is 65.6 Å². The Morgan fingerprint density at radius 1 is 1.17 bits per heavy atom. The first-order chi connectivity index (χ1) is 8.34. The minimum atomic E-state index is -0.217. The Labute approximate surface area is 110 Å². The van der Waals surface area contributed by atoms with Gasteiger partial charge in [-0.3, -0.25) is 9.59 Å². The molecule has 0 aromatic rings. The van der Waals surface area contributed by atoms with Gasteiger partial charge >= 0.3 is 0 Å². The monoisotopic (exact) mass is 254 g/mol. The van der Waals surface area contributed by atoms with Crippen molar-refractivity contribution in [1.82, 2.24) is 10.2 Å². The number of ketones is 1. The highest BCUT2D eigenvalue weighted by Gasteiger charge is 2.36. The van der Waals surface area contributed by atoms with E-state index in [9.17, 15) is 9.59 Å². The second-order valence-corrected chi connectivity index (χ2v) is 5.79. The maximum Gasteiger partial charge on any atom is 0.240 e. The summed E-state index contributed by atoms with van der Waals surface area (Å²) in [4.78, 5) is 26.2. The van der Waals surface area contributed by atoms with Crippen LogP contribution in [0, 0.1) is 5.92 Å². The Morgan fingerprint density at radius 3 is 2.28 bits per heavy atom.